The molecule has 4 heteroatoms. The van der Waals surface area contributed by atoms with Crippen molar-refractivity contribution in [2.75, 3.05) is 0 Å². The summed E-state index contributed by atoms with van der Waals surface area (Å²) in [5.74, 6) is -1.05. The van der Waals surface area contributed by atoms with Gasteiger partial charge in [0, 0.05) is 17.1 Å². The highest BCUT2D eigenvalue weighted by atomic mass is 16.4. The van der Waals surface area contributed by atoms with Gasteiger partial charge in [0.05, 0.1) is 11.2 Å². The summed E-state index contributed by atoms with van der Waals surface area (Å²) in [7, 11) is 0. The second-order valence-electron chi connectivity index (χ2n) is 5.65. The Morgan fingerprint density at radius 1 is 0.840 bits per heavy atom. The van der Waals surface area contributed by atoms with E-state index in [-0.39, 0.29) is 5.69 Å². The Balaban J connectivity index is 2.08. The number of carboxylic acids is 1. The Labute approximate surface area is 144 Å². The fourth-order valence-electron chi connectivity index (χ4n) is 2.93. The molecule has 0 saturated heterocycles. The van der Waals surface area contributed by atoms with Gasteiger partial charge in [-0.2, -0.15) is 0 Å². The maximum absolute atomic E-state index is 11.6. The van der Waals surface area contributed by atoms with Gasteiger partial charge in [-0.05, 0) is 23.3 Å². The number of pyridine rings is 2. The molecule has 0 fully saturated rings. The maximum Gasteiger partial charge on any atom is 0.354 e. The number of carboxylic acid groups (broad SMARTS) is 1. The van der Waals surface area contributed by atoms with Crippen LogP contribution in [-0.2, 0) is 0 Å². The molecule has 0 unspecified atom stereocenters. The SMILES string of the molecule is O=C(O)c1cc(-c2ccccc2)c2ccnc(-c3ccccc3)c2n1. The Morgan fingerprint density at radius 3 is 2.12 bits per heavy atom. The predicted octanol–water partition coefficient (Wildman–Crippen LogP) is 4.66. The number of aromatic nitrogens is 2. The Morgan fingerprint density at radius 2 is 1.48 bits per heavy atom. The molecular formula is C21H14N2O2. The van der Waals surface area contributed by atoms with Crippen LogP contribution in [0.25, 0.3) is 33.3 Å². The summed E-state index contributed by atoms with van der Waals surface area (Å²) < 4.78 is 0. The molecular weight excluding hydrogens is 312 g/mol. The number of nitrogens with zero attached hydrogens (tertiary/aromatic N) is 2. The standard InChI is InChI=1S/C21H14N2O2/c24-21(25)18-13-17(14-7-3-1-4-8-14)16-11-12-22-19(20(16)23-18)15-9-5-2-6-10-15/h1-13H,(H,24,25). The van der Waals surface area contributed by atoms with Gasteiger partial charge >= 0.3 is 5.97 Å². The smallest absolute Gasteiger partial charge is 0.354 e. The van der Waals surface area contributed by atoms with Crippen molar-refractivity contribution in [1.82, 2.24) is 9.97 Å². The van der Waals surface area contributed by atoms with E-state index in [0.29, 0.717) is 11.2 Å². The number of fused-ring (bicyclic) bond motifs is 1. The Kier molecular flexibility index (Phi) is 3.71. The van der Waals surface area contributed by atoms with Crippen LogP contribution in [0.4, 0.5) is 0 Å². The van der Waals surface area contributed by atoms with Crippen LogP contribution in [0.2, 0.25) is 0 Å². The van der Waals surface area contributed by atoms with Gasteiger partial charge in [-0.15, -0.1) is 0 Å². The van der Waals surface area contributed by atoms with E-state index >= 15 is 0 Å². The average molecular weight is 326 g/mol. The van der Waals surface area contributed by atoms with E-state index in [2.05, 4.69) is 9.97 Å². The Bertz CT molecular complexity index is 1060. The molecule has 0 saturated carbocycles. The number of benzene rings is 2. The fraction of sp³-hybridized carbons (Fsp3) is 0. The van der Waals surface area contributed by atoms with E-state index in [4.69, 9.17) is 0 Å². The summed E-state index contributed by atoms with van der Waals surface area (Å²) in [4.78, 5) is 20.4. The number of rotatable bonds is 3. The van der Waals surface area contributed by atoms with Crippen molar-refractivity contribution in [2.24, 2.45) is 0 Å². The van der Waals surface area contributed by atoms with Crippen molar-refractivity contribution in [2.45, 2.75) is 0 Å². The molecule has 1 N–H and O–H groups in total. The van der Waals surface area contributed by atoms with Gasteiger partial charge in [-0.1, -0.05) is 60.7 Å². The third kappa shape index (κ3) is 2.74. The van der Waals surface area contributed by atoms with Crippen LogP contribution < -0.4 is 0 Å². The summed E-state index contributed by atoms with van der Waals surface area (Å²) in [6.07, 6.45) is 1.74. The first-order valence-electron chi connectivity index (χ1n) is 7.88. The molecule has 0 radical (unpaired) electrons. The van der Waals surface area contributed by atoms with E-state index in [9.17, 15) is 9.90 Å². The fourth-order valence-corrected chi connectivity index (χ4v) is 2.93. The molecule has 4 aromatic rings. The Hall–Kier alpha value is -3.53. The average Bonchev–Trinajstić information content (AvgIpc) is 2.68. The van der Waals surface area contributed by atoms with Gasteiger partial charge in [-0.25, -0.2) is 9.78 Å². The second kappa shape index (κ2) is 6.17. The lowest BCUT2D eigenvalue weighted by molar-refractivity contribution is 0.0691. The van der Waals surface area contributed by atoms with Crippen molar-refractivity contribution < 1.29 is 9.90 Å². The largest absolute Gasteiger partial charge is 0.477 e. The summed E-state index contributed by atoms with van der Waals surface area (Å²) in [5, 5.41) is 10.4. The quantitative estimate of drug-likeness (QED) is 0.594. The molecule has 0 aliphatic carbocycles. The number of carbonyl (C=O) groups is 1. The zero-order valence-corrected chi connectivity index (χ0v) is 13.3. The highest BCUT2D eigenvalue weighted by Crippen LogP contribution is 2.32. The lowest BCUT2D eigenvalue weighted by Crippen LogP contribution is -2.02. The van der Waals surface area contributed by atoms with E-state index in [0.717, 1.165) is 22.1 Å². The highest BCUT2D eigenvalue weighted by Gasteiger charge is 2.15. The molecule has 2 aromatic carbocycles. The summed E-state index contributed by atoms with van der Waals surface area (Å²) in [6, 6.07) is 22.9. The van der Waals surface area contributed by atoms with Crippen LogP contribution in [0.1, 0.15) is 10.5 Å². The first kappa shape index (κ1) is 15.0. The highest BCUT2D eigenvalue weighted by molar-refractivity contribution is 6.03. The van der Waals surface area contributed by atoms with Crippen molar-refractivity contribution >= 4 is 16.9 Å². The minimum absolute atomic E-state index is 0.0107. The molecule has 25 heavy (non-hydrogen) atoms. The van der Waals surface area contributed by atoms with Gasteiger partial charge in [0.2, 0.25) is 0 Å². The van der Waals surface area contributed by atoms with Crippen molar-refractivity contribution in [3.05, 3.63) is 84.7 Å². The molecule has 0 aliphatic rings. The zero-order chi connectivity index (χ0) is 17.2. The van der Waals surface area contributed by atoms with Gasteiger partial charge in [0.15, 0.2) is 0 Å². The van der Waals surface area contributed by atoms with Gasteiger partial charge < -0.3 is 5.11 Å². The molecule has 0 amide bonds. The van der Waals surface area contributed by atoms with Crippen LogP contribution in [0.3, 0.4) is 0 Å². The van der Waals surface area contributed by atoms with Crippen molar-refractivity contribution in [3.8, 4) is 22.4 Å². The zero-order valence-electron chi connectivity index (χ0n) is 13.3. The van der Waals surface area contributed by atoms with Gasteiger partial charge in [0.25, 0.3) is 0 Å². The molecule has 0 spiro atoms. The number of hydrogen-bond donors (Lipinski definition) is 1. The molecule has 120 valence electrons. The van der Waals surface area contributed by atoms with Crippen molar-refractivity contribution in [1.29, 1.82) is 0 Å². The van der Waals surface area contributed by atoms with E-state index in [1.54, 1.807) is 12.3 Å². The van der Waals surface area contributed by atoms with E-state index in [1.807, 2.05) is 66.7 Å². The minimum Gasteiger partial charge on any atom is -0.477 e. The molecule has 0 atom stereocenters. The monoisotopic (exact) mass is 326 g/mol. The first-order chi connectivity index (χ1) is 12.2. The number of aromatic carboxylic acids is 1. The summed E-state index contributed by atoms with van der Waals surface area (Å²) in [5.41, 5.74) is 3.97. The summed E-state index contributed by atoms with van der Waals surface area (Å²) in [6.45, 7) is 0. The molecule has 2 heterocycles. The summed E-state index contributed by atoms with van der Waals surface area (Å²) >= 11 is 0. The van der Waals surface area contributed by atoms with E-state index in [1.165, 1.54) is 0 Å². The second-order valence-corrected chi connectivity index (χ2v) is 5.65. The third-order valence-electron chi connectivity index (χ3n) is 4.08. The number of hydrogen-bond acceptors (Lipinski definition) is 3. The van der Waals surface area contributed by atoms with Gasteiger partial charge in [-0.3, -0.25) is 4.98 Å². The predicted molar refractivity (Wildman–Crippen MR) is 97.4 cm³/mol. The molecule has 2 aromatic heterocycles. The molecule has 0 aliphatic heterocycles. The lowest BCUT2D eigenvalue weighted by Gasteiger charge is -2.11. The normalized spacial score (nSPS) is 10.7. The minimum atomic E-state index is -1.05. The molecule has 4 rings (SSSR count). The van der Waals surface area contributed by atoms with Crippen LogP contribution in [-0.4, -0.2) is 21.0 Å². The molecule has 0 bridgehead atoms. The van der Waals surface area contributed by atoms with E-state index < -0.39 is 5.97 Å². The van der Waals surface area contributed by atoms with Gasteiger partial charge in [0.1, 0.15) is 5.69 Å². The third-order valence-corrected chi connectivity index (χ3v) is 4.08. The van der Waals surface area contributed by atoms with Crippen LogP contribution in [0.5, 0.6) is 0 Å². The first-order valence-corrected chi connectivity index (χ1v) is 7.88. The van der Waals surface area contributed by atoms with Crippen LogP contribution >= 0.6 is 0 Å². The molecule has 4 nitrogen and oxygen atoms in total. The maximum atomic E-state index is 11.6. The van der Waals surface area contributed by atoms with Crippen molar-refractivity contribution in [3.63, 3.8) is 0 Å². The van der Waals surface area contributed by atoms with Crippen LogP contribution in [0, 0.1) is 0 Å². The lowest BCUT2D eigenvalue weighted by atomic mass is 9.98. The topological polar surface area (TPSA) is 63.1 Å². The van der Waals surface area contributed by atoms with Crippen LogP contribution in [0.15, 0.2) is 79.0 Å².